The highest BCUT2D eigenvalue weighted by atomic mass is 32.2. The summed E-state index contributed by atoms with van der Waals surface area (Å²) in [6.07, 6.45) is 2.39. The third-order valence-electron chi connectivity index (χ3n) is 2.21. The molecule has 0 bridgehead atoms. The predicted molar refractivity (Wildman–Crippen MR) is 44.9 cm³/mol. The molecule has 0 aromatic heterocycles. The number of ketones is 2. The first-order chi connectivity index (χ1) is 5.70. The van der Waals surface area contributed by atoms with Crippen LogP contribution in [0.3, 0.4) is 0 Å². The molecule has 3 unspecified atom stereocenters. The summed E-state index contributed by atoms with van der Waals surface area (Å²) >= 11 is 1.53. The van der Waals surface area contributed by atoms with Gasteiger partial charge in [0.15, 0.2) is 0 Å². The number of hydrogen-bond acceptors (Lipinski definition) is 4. The molecule has 0 amide bonds. The van der Waals surface area contributed by atoms with Crippen molar-refractivity contribution in [3.8, 4) is 0 Å². The van der Waals surface area contributed by atoms with Crippen molar-refractivity contribution < 1.29 is 14.7 Å². The highest BCUT2D eigenvalue weighted by Crippen LogP contribution is 2.36. The maximum absolute atomic E-state index is 11.2. The maximum atomic E-state index is 11.2. The maximum Gasteiger partial charge on any atom is 0.221 e. The summed E-state index contributed by atoms with van der Waals surface area (Å²) in [5.74, 6) is -0.830. The fourth-order valence-electron chi connectivity index (χ4n) is 1.56. The number of fused-ring (bicyclic) bond motifs is 1. The standard InChI is InChI=1S/C8H8O3S/c9-4-1-2-6-7(8(4)11)5(10)3-12-6/h1-2,5-7,10H,3H2. The van der Waals surface area contributed by atoms with Gasteiger partial charge in [0, 0.05) is 11.0 Å². The minimum atomic E-state index is -0.638. The second-order valence-corrected chi connectivity index (χ2v) is 4.19. The molecule has 0 saturated carbocycles. The van der Waals surface area contributed by atoms with Gasteiger partial charge in [0.2, 0.25) is 11.6 Å². The zero-order valence-electron chi connectivity index (χ0n) is 6.27. The highest BCUT2D eigenvalue weighted by molar-refractivity contribution is 8.00. The van der Waals surface area contributed by atoms with Gasteiger partial charge in [-0.3, -0.25) is 9.59 Å². The molecule has 1 saturated heterocycles. The average molecular weight is 184 g/mol. The topological polar surface area (TPSA) is 54.4 Å². The van der Waals surface area contributed by atoms with Crippen LogP contribution in [0.1, 0.15) is 0 Å². The molecule has 4 heteroatoms. The van der Waals surface area contributed by atoms with Gasteiger partial charge in [0.05, 0.1) is 12.0 Å². The van der Waals surface area contributed by atoms with Crippen LogP contribution in [-0.4, -0.2) is 33.8 Å². The summed E-state index contributed by atoms with van der Waals surface area (Å²) in [5, 5.41) is 9.40. The smallest absolute Gasteiger partial charge is 0.221 e. The molecule has 1 fully saturated rings. The fraction of sp³-hybridized carbons (Fsp3) is 0.500. The number of allylic oxidation sites excluding steroid dienone is 1. The Morgan fingerprint density at radius 2 is 2.25 bits per heavy atom. The van der Waals surface area contributed by atoms with Crippen molar-refractivity contribution in [2.75, 3.05) is 5.75 Å². The fourth-order valence-corrected chi connectivity index (χ4v) is 2.89. The number of aliphatic hydroxyl groups is 1. The van der Waals surface area contributed by atoms with E-state index in [4.69, 9.17) is 0 Å². The van der Waals surface area contributed by atoms with Crippen LogP contribution < -0.4 is 0 Å². The van der Waals surface area contributed by atoms with E-state index in [1.165, 1.54) is 17.8 Å². The third-order valence-corrected chi connectivity index (χ3v) is 3.58. The highest BCUT2D eigenvalue weighted by Gasteiger charge is 2.43. The van der Waals surface area contributed by atoms with Crippen molar-refractivity contribution >= 4 is 23.3 Å². The SMILES string of the molecule is O=C1C=CC2SCC(O)C2C1=O. The summed E-state index contributed by atoms with van der Waals surface area (Å²) in [6.45, 7) is 0. The van der Waals surface area contributed by atoms with Crippen LogP contribution in [0.2, 0.25) is 0 Å². The Morgan fingerprint density at radius 3 is 3.00 bits per heavy atom. The molecular formula is C8H8O3S. The van der Waals surface area contributed by atoms with E-state index in [1.807, 2.05) is 0 Å². The van der Waals surface area contributed by atoms with Crippen LogP contribution in [0.5, 0.6) is 0 Å². The van der Waals surface area contributed by atoms with E-state index in [-0.39, 0.29) is 5.25 Å². The van der Waals surface area contributed by atoms with Gasteiger partial charge in [-0.2, -0.15) is 11.8 Å². The molecule has 2 rings (SSSR count). The lowest BCUT2D eigenvalue weighted by atomic mass is 9.88. The van der Waals surface area contributed by atoms with Crippen molar-refractivity contribution in [1.29, 1.82) is 0 Å². The number of aliphatic hydroxyl groups excluding tert-OH is 1. The molecule has 1 aliphatic heterocycles. The van der Waals surface area contributed by atoms with Crippen LogP contribution in [0.4, 0.5) is 0 Å². The minimum absolute atomic E-state index is 0.0187. The molecule has 2 aliphatic rings. The first kappa shape index (κ1) is 8.01. The van der Waals surface area contributed by atoms with Crippen molar-refractivity contribution in [3.63, 3.8) is 0 Å². The Balaban J connectivity index is 2.33. The second kappa shape index (κ2) is 2.71. The quantitative estimate of drug-likeness (QED) is 0.529. The van der Waals surface area contributed by atoms with E-state index in [1.54, 1.807) is 6.08 Å². The number of thioether (sulfide) groups is 1. The second-order valence-electron chi connectivity index (χ2n) is 2.98. The first-order valence-corrected chi connectivity index (χ1v) is 4.81. The van der Waals surface area contributed by atoms with Gasteiger partial charge in [-0.25, -0.2) is 0 Å². The van der Waals surface area contributed by atoms with Crippen molar-refractivity contribution in [2.45, 2.75) is 11.4 Å². The molecule has 1 heterocycles. The average Bonchev–Trinajstić information content (AvgIpc) is 2.41. The Hall–Kier alpha value is -0.610. The van der Waals surface area contributed by atoms with Crippen LogP contribution >= 0.6 is 11.8 Å². The molecule has 1 aliphatic carbocycles. The molecule has 1 N–H and O–H groups in total. The summed E-state index contributed by atoms with van der Waals surface area (Å²) in [6, 6.07) is 0. The van der Waals surface area contributed by atoms with Crippen molar-refractivity contribution in [1.82, 2.24) is 0 Å². The Morgan fingerprint density at radius 1 is 1.50 bits per heavy atom. The van der Waals surface area contributed by atoms with E-state index in [9.17, 15) is 14.7 Å². The molecule has 3 nitrogen and oxygen atoms in total. The molecular weight excluding hydrogens is 176 g/mol. The van der Waals surface area contributed by atoms with Gasteiger partial charge in [0.25, 0.3) is 0 Å². The Kier molecular flexibility index (Phi) is 1.81. The Labute approximate surface area is 73.8 Å². The van der Waals surface area contributed by atoms with Gasteiger partial charge < -0.3 is 5.11 Å². The molecule has 12 heavy (non-hydrogen) atoms. The van der Waals surface area contributed by atoms with Crippen LogP contribution in [0, 0.1) is 5.92 Å². The van der Waals surface area contributed by atoms with Gasteiger partial charge in [-0.05, 0) is 6.08 Å². The molecule has 0 spiro atoms. The van der Waals surface area contributed by atoms with Gasteiger partial charge in [-0.1, -0.05) is 6.08 Å². The minimum Gasteiger partial charge on any atom is -0.391 e. The van der Waals surface area contributed by atoms with Crippen LogP contribution in [-0.2, 0) is 9.59 Å². The number of carbonyl (C=O) groups excluding carboxylic acids is 2. The third kappa shape index (κ3) is 1.03. The van der Waals surface area contributed by atoms with E-state index in [0.717, 1.165) is 0 Å². The molecule has 64 valence electrons. The molecule has 3 atom stereocenters. The lowest BCUT2D eigenvalue weighted by Crippen LogP contribution is -2.37. The van der Waals surface area contributed by atoms with E-state index in [2.05, 4.69) is 0 Å². The van der Waals surface area contributed by atoms with E-state index >= 15 is 0 Å². The normalized spacial score (nSPS) is 40.2. The van der Waals surface area contributed by atoms with Gasteiger partial charge in [0.1, 0.15) is 0 Å². The summed E-state index contributed by atoms with van der Waals surface area (Å²) in [5.41, 5.74) is 0. The number of carbonyl (C=O) groups is 2. The number of Topliss-reactive ketones (excluding diaryl/α,β-unsaturated/α-hetero) is 1. The first-order valence-electron chi connectivity index (χ1n) is 3.76. The summed E-state index contributed by atoms with van der Waals surface area (Å²) < 4.78 is 0. The molecule has 0 aromatic rings. The molecule has 0 aromatic carbocycles. The van der Waals surface area contributed by atoms with Gasteiger partial charge in [-0.15, -0.1) is 0 Å². The number of rotatable bonds is 0. The van der Waals surface area contributed by atoms with Crippen molar-refractivity contribution in [2.24, 2.45) is 5.92 Å². The largest absolute Gasteiger partial charge is 0.391 e. The lowest BCUT2D eigenvalue weighted by molar-refractivity contribution is -0.138. The summed E-state index contributed by atoms with van der Waals surface area (Å²) in [7, 11) is 0. The lowest BCUT2D eigenvalue weighted by Gasteiger charge is -2.18. The monoisotopic (exact) mass is 184 g/mol. The van der Waals surface area contributed by atoms with Crippen molar-refractivity contribution in [3.05, 3.63) is 12.2 Å². The van der Waals surface area contributed by atoms with E-state index in [0.29, 0.717) is 5.75 Å². The summed E-state index contributed by atoms with van der Waals surface area (Å²) in [4.78, 5) is 22.2. The number of hydrogen-bond donors (Lipinski definition) is 1. The molecule has 0 radical (unpaired) electrons. The predicted octanol–water partition coefficient (Wildman–Crippen LogP) is -0.213. The zero-order valence-corrected chi connectivity index (χ0v) is 7.08. The van der Waals surface area contributed by atoms with Gasteiger partial charge >= 0.3 is 0 Å². The van der Waals surface area contributed by atoms with E-state index < -0.39 is 23.6 Å². The van der Waals surface area contributed by atoms with Crippen LogP contribution in [0.15, 0.2) is 12.2 Å². The van der Waals surface area contributed by atoms with Crippen LogP contribution in [0.25, 0.3) is 0 Å². The zero-order chi connectivity index (χ0) is 8.72. The Bertz CT molecular complexity index is 271.